The Balaban J connectivity index is 1.81. The molecule has 0 heterocycles. The Bertz CT molecular complexity index is 822. The number of benzene rings is 2. The van der Waals surface area contributed by atoms with Crippen molar-refractivity contribution in [1.29, 1.82) is 0 Å². The van der Waals surface area contributed by atoms with Gasteiger partial charge in [0.05, 0.1) is 7.11 Å². The molecule has 3 rings (SSSR count). The van der Waals surface area contributed by atoms with E-state index in [0.717, 1.165) is 37.8 Å². The van der Waals surface area contributed by atoms with Gasteiger partial charge in [0.2, 0.25) is 0 Å². The van der Waals surface area contributed by atoms with Gasteiger partial charge >= 0.3 is 6.09 Å². The Morgan fingerprint density at radius 1 is 1.21 bits per heavy atom. The average molecular weight is 384 g/mol. The molecule has 0 bridgehead atoms. The molecule has 1 amide bonds. The molecule has 0 aromatic heterocycles. The molecule has 0 saturated heterocycles. The minimum absolute atomic E-state index is 0.00449. The molecule has 4 nitrogen and oxygen atoms in total. The highest BCUT2D eigenvalue weighted by Crippen LogP contribution is 2.35. The van der Waals surface area contributed by atoms with Crippen LogP contribution in [0.1, 0.15) is 41.0 Å². The van der Waals surface area contributed by atoms with Crippen LogP contribution in [-0.4, -0.2) is 44.8 Å². The van der Waals surface area contributed by atoms with Gasteiger partial charge in [-0.15, -0.1) is 0 Å². The van der Waals surface area contributed by atoms with Gasteiger partial charge < -0.3 is 15.0 Å². The molecule has 2 aromatic rings. The first-order valence-corrected chi connectivity index (χ1v) is 9.80. The number of alkyl carbamates (subject to hydrolysis) is 1. The largest absolute Gasteiger partial charge is 0.453 e. The van der Waals surface area contributed by atoms with Gasteiger partial charge in [0.15, 0.2) is 0 Å². The summed E-state index contributed by atoms with van der Waals surface area (Å²) in [6.45, 7) is 0.745. The number of methoxy groups -OCH3 is 1. The Morgan fingerprint density at radius 3 is 2.75 bits per heavy atom. The first-order chi connectivity index (χ1) is 13.5. The minimum atomic E-state index is -0.402. The number of carbonyl (C=O) groups is 1. The van der Waals surface area contributed by atoms with Gasteiger partial charge in [0.25, 0.3) is 0 Å². The van der Waals surface area contributed by atoms with Crippen molar-refractivity contribution in [2.75, 3.05) is 27.7 Å². The summed E-state index contributed by atoms with van der Waals surface area (Å²) in [7, 11) is 5.37. The van der Waals surface area contributed by atoms with Gasteiger partial charge in [-0.1, -0.05) is 30.3 Å². The number of fused-ring (bicyclic) bond motifs is 2. The van der Waals surface area contributed by atoms with Crippen molar-refractivity contribution in [1.82, 2.24) is 10.2 Å². The quantitative estimate of drug-likeness (QED) is 0.814. The summed E-state index contributed by atoms with van der Waals surface area (Å²) < 4.78 is 18.6. The van der Waals surface area contributed by atoms with Crippen LogP contribution in [0.5, 0.6) is 0 Å². The first-order valence-electron chi connectivity index (χ1n) is 9.80. The molecule has 0 radical (unpaired) electrons. The van der Waals surface area contributed by atoms with Gasteiger partial charge in [-0.25, -0.2) is 9.18 Å². The summed E-state index contributed by atoms with van der Waals surface area (Å²) in [4.78, 5) is 13.8. The van der Waals surface area contributed by atoms with E-state index in [1.54, 1.807) is 12.1 Å². The van der Waals surface area contributed by atoms with Gasteiger partial charge in [0.1, 0.15) is 5.82 Å². The lowest BCUT2D eigenvalue weighted by Gasteiger charge is -2.25. The SMILES string of the molecule is COC(=O)N[C@H](CCC1Cc2cc(F)ccc2Cc2ccccc21)CN(C)C. The van der Waals surface area contributed by atoms with Crippen LogP contribution in [0, 0.1) is 5.82 Å². The maximum absolute atomic E-state index is 13.9. The highest BCUT2D eigenvalue weighted by molar-refractivity contribution is 5.67. The highest BCUT2D eigenvalue weighted by atomic mass is 19.1. The fourth-order valence-corrected chi connectivity index (χ4v) is 4.17. The van der Waals surface area contributed by atoms with Crippen molar-refractivity contribution < 1.29 is 13.9 Å². The zero-order chi connectivity index (χ0) is 20.1. The Kier molecular flexibility index (Phi) is 6.68. The lowest BCUT2D eigenvalue weighted by atomic mass is 9.86. The number of carbonyl (C=O) groups excluding carboxylic acids is 1. The number of amides is 1. The number of ether oxygens (including phenoxy) is 1. The number of likely N-dealkylation sites (N-methyl/N-ethyl adjacent to an activating group) is 1. The molecule has 1 N–H and O–H groups in total. The van der Waals surface area contributed by atoms with Crippen LogP contribution in [-0.2, 0) is 17.6 Å². The summed E-state index contributed by atoms with van der Waals surface area (Å²) in [5.74, 6) is 0.115. The normalized spacial score (nSPS) is 16.7. The molecular formula is C23H29FN2O2. The van der Waals surface area contributed by atoms with Crippen molar-refractivity contribution >= 4 is 6.09 Å². The molecule has 150 valence electrons. The van der Waals surface area contributed by atoms with E-state index < -0.39 is 6.09 Å². The molecule has 0 spiro atoms. The van der Waals surface area contributed by atoms with Crippen LogP contribution in [0.4, 0.5) is 9.18 Å². The Labute approximate surface area is 166 Å². The molecule has 1 aliphatic rings. The summed E-state index contributed by atoms with van der Waals surface area (Å²) in [5, 5.41) is 2.94. The summed E-state index contributed by atoms with van der Waals surface area (Å²) >= 11 is 0. The fourth-order valence-electron chi connectivity index (χ4n) is 4.17. The molecule has 5 heteroatoms. The van der Waals surface area contributed by atoms with Crippen LogP contribution in [0.15, 0.2) is 42.5 Å². The molecule has 2 aromatic carbocycles. The average Bonchev–Trinajstić information content (AvgIpc) is 2.81. The van der Waals surface area contributed by atoms with Crippen LogP contribution in [0.25, 0.3) is 0 Å². The molecule has 2 atom stereocenters. The maximum Gasteiger partial charge on any atom is 0.407 e. The highest BCUT2D eigenvalue weighted by Gasteiger charge is 2.24. The third-order valence-corrected chi connectivity index (χ3v) is 5.47. The van der Waals surface area contributed by atoms with Gasteiger partial charge in [0, 0.05) is 12.6 Å². The number of rotatable bonds is 6. The first kappa shape index (κ1) is 20.3. The molecule has 1 unspecified atom stereocenters. The number of nitrogens with one attached hydrogen (secondary N) is 1. The van der Waals surface area contributed by atoms with Crippen molar-refractivity contribution in [3.8, 4) is 0 Å². The van der Waals surface area contributed by atoms with Gasteiger partial charge in [-0.3, -0.25) is 0 Å². The lowest BCUT2D eigenvalue weighted by molar-refractivity contribution is 0.162. The third-order valence-electron chi connectivity index (χ3n) is 5.47. The number of nitrogens with zero attached hydrogens (tertiary/aromatic N) is 1. The van der Waals surface area contributed by atoms with E-state index in [1.165, 1.54) is 23.8 Å². The molecule has 1 aliphatic carbocycles. The van der Waals surface area contributed by atoms with Crippen LogP contribution in [0.2, 0.25) is 0 Å². The maximum atomic E-state index is 13.9. The molecule has 0 fully saturated rings. The monoisotopic (exact) mass is 384 g/mol. The minimum Gasteiger partial charge on any atom is -0.453 e. The zero-order valence-corrected chi connectivity index (χ0v) is 16.9. The Hall–Kier alpha value is -2.40. The standard InChI is InChI=1S/C23H29FN2O2/c1-26(2)15-21(25-23(27)28-3)11-9-18-13-19-14-20(24)10-8-16(19)12-17-6-4-5-7-22(17)18/h4-8,10,14,18,21H,9,11-13,15H2,1-3H3,(H,25,27)/t18?,21-/m1/s1. The smallest absolute Gasteiger partial charge is 0.407 e. The Morgan fingerprint density at radius 2 is 2.00 bits per heavy atom. The van der Waals surface area contributed by atoms with Crippen molar-refractivity contribution in [2.45, 2.75) is 37.6 Å². The lowest BCUT2D eigenvalue weighted by Crippen LogP contribution is -2.41. The second-order valence-corrected chi connectivity index (χ2v) is 7.86. The number of hydrogen-bond donors (Lipinski definition) is 1. The van der Waals surface area contributed by atoms with Crippen LogP contribution in [0.3, 0.4) is 0 Å². The van der Waals surface area contributed by atoms with Crippen molar-refractivity contribution in [3.05, 3.63) is 70.5 Å². The predicted octanol–water partition coefficient (Wildman–Crippen LogP) is 4.12. The fraction of sp³-hybridized carbons (Fsp3) is 0.435. The summed E-state index contributed by atoms with van der Waals surface area (Å²) in [6, 6.07) is 13.7. The predicted molar refractivity (Wildman–Crippen MR) is 109 cm³/mol. The van der Waals surface area contributed by atoms with E-state index in [9.17, 15) is 9.18 Å². The second-order valence-electron chi connectivity index (χ2n) is 7.86. The summed E-state index contributed by atoms with van der Waals surface area (Å²) in [5.41, 5.74) is 4.93. The van der Waals surface area contributed by atoms with E-state index in [0.29, 0.717) is 5.92 Å². The number of halogens is 1. The van der Waals surface area contributed by atoms with E-state index in [-0.39, 0.29) is 11.9 Å². The van der Waals surface area contributed by atoms with Crippen molar-refractivity contribution in [3.63, 3.8) is 0 Å². The van der Waals surface area contributed by atoms with E-state index in [1.807, 2.05) is 20.2 Å². The van der Waals surface area contributed by atoms with Crippen LogP contribution < -0.4 is 5.32 Å². The second kappa shape index (κ2) is 9.20. The topological polar surface area (TPSA) is 41.6 Å². The zero-order valence-electron chi connectivity index (χ0n) is 16.9. The van der Waals surface area contributed by atoms with Gasteiger partial charge in [-0.2, -0.15) is 0 Å². The van der Waals surface area contributed by atoms with Gasteiger partial charge in [-0.05, 0) is 80.1 Å². The number of hydrogen-bond acceptors (Lipinski definition) is 3. The molecular weight excluding hydrogens is 355 g/mol. The molecule has 0 saturated carbocycles. The van der Waals surface area contributed by atoms with Crippen LogP contribution >= 0.6 is 0 Å². The van der Waals surface area contributed by atoms with Crippen molar-refractivity contribution in [2.24, 2.45) is 0 Å². The molecule has 28 heavy (non-hydrogen) atoms. The molecule has 0 aliphatic heterocycles. The van der Waals surface area contributed by atoms with E-state index >= 15 is 0 Å². The van der Waals surface area contributed by atoms with E-state index in [2.05, 4.69) is 34.5 Å². The third kappa shape index (κ3) is 5.10. The summed E-state index contributed by atoms with van der Waals surface area (Å²) in [6.07, 6.45) is 2.99. The van der Waals surface area contributed by atoms with E-state index in [4.69, 9.17) is 4.74 Å².